The third-order valence-corrected chi connectivity index (χ3v) is 5.76. The fourth-order valence-corrected chi connectivity index (χ4v) is 4.34. The van der Waals surface area contributed by atoms with Crippen molar-refractivity contribution in [3.8, 4) is 6.07 Å². The van der Waals surface area contributed by atoms with Crippen molar-refractivity contribution in [1.29, 1.82) is 5.26 Å². The molecule has 1 atom stereocenters. The van der Waals surface area contributed by atoms with E-state index in [2.05, 4.69) is 41.3 Å². The Morgan fingerprint density at radius 2 is 1.96 bits per heavy atom. The molecular formula is C23H25N3O. The van der Waals surface area contributed by atoms with Crippen LogP contribution >= 0.6 is 0 Å². The minimum atomic E-state index is 0.0863. The highest BCUT2D eigenvalue weighted by atomic mass is 16.2. The van der Waals surface area contributed by atoms with Crippen molar-refractivity contribution in [2.75, 3.05) is 19.6 Å². The summed E-state index contributed by atoms with van der Waals surface area (Å²) in [7, 11) is 0. The SMILES string of the molecule is N#Cc1cccc(CN2CCCC(C(=O)N3CCc4ccccc4C3)C2)c1. The van der Waals surface area contributed by atoms with Crippen LogP contribution in [0.3, 0.4) is 0 Å². The van der Waals surface area contributed by atoms with Gasteiger partial charge in [-0.1, -0.05) is 36.4 Å². The zero-order chi connectivity index (χ0) is 18.6. The highest BCUT2D eigenvalue weighted by Crippen LogP contribution is 2.25. The summed E-state index contributed by atoms with van der Waals surface area (Å²) in [5, 5.41) is 9.08. The Kier molecular flexibility index (Phi) is 5.22. The standard InChI is InChI=1S/C23H25N3O/c24-14-18-5-3-6-19(13-18)15-25-11-4-9-22(16-25)23(27)26-12-10-20-7-1-2-8-21(20)17-26/h1-3,5-8,13,22H,4,9-12,15-17H2. The van der Waals surface area contributed by atoms with E-state index in [1.807, 2.05) is 23.1 Å². The molecule has 0 aliphatic carbocycles. The molecule has 4 heteroatoms. The van der Waals surface area contributed by atoms with Crippen LogP contribution in [0.15, 0.2) is 48.5 Å². The van der Waals surface area contributed by atoms with Crippen molar-refractivity contribution in [2.45, 2.75) is 32.4 Å². The predicted molar refractivity (Wildman–Crippen MR) is 105 cm³/mol. The van der Waals surface area contributed by atoms with Crippen LogP contribution in [0.5, 0.6) is 0 Å². The number of carbonyl (C=O) groups is 1. The summed E-state index contributed by atoms with van der Waals surface area (Å²) in [5.41, 5.74) is 4.51. The molecule has 1 saturated heterocycles. The van der Waals surface area contributed by atoms with Gasteiger partial charge in [-0.3, -0.25) is 9.69 Å². The summed E-state index contributed by atoms with van der Waals surface area (Å²) in [4.78, 5) is 17.5. The monoisotopic (exact) mass is 359 g/mol. The number of fused-ring (bicyclic) bond motifs is 1. The Balaban J connectivity index is 1.39. The molecule has 27 heavy (non-hydrogen) atoms. The molecule has 0 N–H and O–H groups in total. The molecule has 0 saturated carbocycles. The van der Waals surface area contributed by atoms with Gasteiger partial charge in [0.25, 0.3) is 0 Å². The average molecular weight is 359 g/mol. The molecule has 1 amide bonds. The molecule has 0 radical (unpaired) electrons. The van der Waals surface area contributed by atoms with Crippen LogP contribution in [0.1, 0.15) is 35.1 Å². The van der Waals surface area contributed by atoms with E-state index in [0.29, 0.717) is 11.5 Å². The number of piperidine rings is 1. The molecule has 2 aliphatic rings. The second kappa shape index (κ2) is 7.94. The van der Waals surface area contributed by atoms with Crippen LogP contribution in [0.4, 0.5) is 0 Å². The minimum absolute atomic E-state index is 0.0863. The van der Waals surface area contributed by atoms with Crippen molar-refractivity contribution in [3.63, 3.8) is 0 Å². The van der Waals surface area contributed by atoms with Crippen LogP contribution in [0.2, 0.25) is 0 Å². The van der Waals surface area contributed by atoms with Crippen LogP contribution in [-0.2, 0) is 24.3 Å². The maximum atomic E-state index is 13.1. The lowest BCUT2D eigenvalue weighted by molar-refractivity contribution is -0.138. The van der Waals surface area contributed by atoms with Gasteiger partial charge in [-0.2, -0.15) is 5.26 Å². The number of carbonyl (C=O) groups excluding carboxylic acids is 1. The molecule has 0 spiro atoms. The van der Waals surface area contributed by atoms with Crippen molar-refractivity contribution >= 4 is 5.91 Å². The van der Waals surface area contributed by atoms with E-state index in [9.17, 15) is 4.79 Å². The van der Waals surface area contributed by atoms with Gasteiger partial charge < -0.3 is 4.90 Å². The topological polar surface area (TPSA) is 47.3 Å². The van der Waals surface area contributed by atoms with Gasteiger partial charge in [-0.25, -0.2) is 0 Å². The van der Waals surface area contributed by atoms with Crippen LogP contribution in [-0.4, -0.2) is 35.3 Å². The average Bonchev–Trinajstić information content (AvgIpc) is 2.73. The number of nitriles is 1. The van der Waals surface area contributed by atoms with Gasteiger partial charge in [0.1, 0.15) is 0 Å². The fraction of sp³-hybridized carbons (Fsp3) is 0.391. The van der Waals surface area contributed by atoms with Gasteiger partial charge in [0.2, 0.25) is 5.91 Å². The van der Waals surface area contributed by atoms with Gasteiger partial charge >= 0.3 is 0 Å². The lowest BCUT2D eigenvalue weighted by Gasteiger charge is -2.36. The van der Waals surface area contributed by atoms with E-state index >= 15 is 0 Å². The fourth-order valence-electron chi connectivity index (χ4n) is 4.34. The van der Waals surface area contributed by atoms with E-state index in [4.69, 9.17) is 5.26 Å². The molecular weight excluding hydrogens is 334 g/mol. The second-order valence-corrected chi connectivity index (χ2v) is 7.66. The van der Waals surface area contributed by atoms with Gasteiger partial charge in [-0.15, -0.1) is 0 Å². The Hall–Kier alpha value is -2.64. The van der Waals surface area contributed by atoms with Crippen molar-refractivity contribution in [3.05, 3.63) is 70.8 Å². The molecule has 1 unspecified atom stereocenters. The van der Waals surface area contributed by atoms with E-state index < -0.39 is 0 Å². The molecule has 2 aromatic rings. The molecule has 1 fully saturated rings. The highest BCUT2D eigenvalue weighted by Gasteiger charge is 2.30. The first kappa shape index (κ1) is 17.8. The zero-order valence-corrected chi connectivity index (χ0v) is 15.6. The molecule has 138 valence electrons. The second-order valence-electron chi connectivity index (χ2n) is 7.66. The van der Waals surface area contributed by atoms with Crippen molar-refractivity contribution in [2.24, 2.45) is 5.92 Å². The normalized spacial score (nSPS) is 20.0. The summed E-state index contributed by atoms with van der Waals surface area (Å²) in [6.45, 7) is 4.21. The number of nitrogens with zero attached hydrogens (tertiary/aromatic N) is 3. The Bertz CT molecular complexity index is 870. The number of likely N-dealkylation sites (tertiary alicyclic amines) is 1. The van der Waals surface area contributed by atoms with Crippen molar-refractivity contribution < 1.29 is 4.79 Å². The lowest BCUT2D eigenvalue weighted by atomic mass is 9.93. The highest BCUT2D eigenvalue weighted by molar-refractivity contribution is 5.79. The number of hydrogen-bond donors (Lipinski definition) is 0. The first-order valence-corrected chi connectivity index (χ1v) is 9.80. The predicted octanol–water partition coefficient (Wildman–Crippen LogP) is 3.36. The Morgan fingerprint density at radius 1 is 1.11 bits per heavy atom. The smallest absolute Gasteiger partial charge is 0.227 e. The molecule has 4 rings (SSSR count). The van der Waals surface area contributed by atoms with E-state index in [-0.39, 0.29) is 5.92 Å². The molecule has 2 aromatic carbocycles. The largest absolute Gasteiger partial charge is 0.338 e. The van der Waals surface area contributed by atoms with Gasteiger partial charge in [0, 0.05) is 26.2 Å². The number of amides is 1. The quantitative estimate of drug-likeness (QED) is 0.844. The molecule has 2 aliphatic heterocycles. The Morgan fingerprint density at radius 3 is 2.81 bits per heavy atom. The van der Waals surface area contributed by atoms with E-state index in [1.54, 1.807) is 0 Å². The van der Waals surface area contributed by atoms with Crippen LogP contribution in [0, 0.1) is 17.2 Å². The van der Waals surface area contributed by atoms with Gasteiger partial charge in [0.05, 0.1) is 17.6 Å². The lowest BCUT2D eigenvalue weighted by Crippen LogP contribution is -2.46. The van der Waals surface area contributed by atoms with Crippen LogP contribution < -0.4 is 0 Å². The Labute approximate surface area is 161 Å². The van der Waals surface area contributed by atoms with Crippen LogP contribution in [0.25, 0.3) is 0 Å². The minimum Gasteiger partial charge on any atom is -0.338 e. The third-order valence-electron chi connectivity index (χ3n) is 5.76. The first-order chi connectivity index (χ1) is 13.2. The maximum absolute atomic E-state index is 13.1. The zero-order valence-electron chi connectivity index (χ0n) is 15.6. The van der Waals surface area contributed by atoms with Crippen molar-refractivity contribution in [1.82, 2.24) is 9.80 Å². The number of rotatable bonds is 3. The summed E-state index contributed by atoms with van der Waals surface area (Å²) in [6.07, 6.45) is 2.99. The molecule has 0 aromatic heterocycles. The summed E-state index contributed by atoms with van der Waals surface area (Å²) in [5.74, 6) is 0.392. The molecule has 0 bridgehead atoms. The van der Waals surface area contributed by atoms with E-state index in [1.165, 1.54) is 11.1 Å². The summed E-state index contributed by atoms with van der Waals surface area (Å²) in [6, 6.07) is 18.4. The third kappa shape index (κ3) is 4.04. The first-order valence-electron chi connectivity index (χ1n) is 9.80. The van der Waals surface area contributed by atoms with E-state index in [0.717, 1.165) is 57.5 Å². The summed E-state index contributed by atoms with van der Waals surface area (Å²) < 4.78 is 0. The number of benzene rings is 2. The van der Waals surface area contributed by atoms with Gasteiger partial charge in [0.15, 0.2) is 0 Å². The molecule has 2 heterocycles. The number of hydrogen-bond acceptors (Lipinski definition) is 3. The molecule has 4 nitrogen and oxygen atoms in total. The van der Waals surface area contributed by atoms with Gasteiger partial charge in [-0.05, 0) is 54.6 Å². The summed E-state index contributed by atoms with van der Waals surface area (Å²) >= 11 is 0. The maximum Gasteiger partial charge on any atom is 0.227 e.